The summed E-state index contributed by atoms with van der Waals surface area (Å²) >= 11 is 8.87. The van der Waals surface area contributed by atoms with E-state index < -0.39 is 24.3 Å². The fraction of sp³-hybridized carbons (Fsp3) is 0.296. The van der Waals surface area contributed by atoms with Gasteiger partial charge in [0.2, 0.25) is 0 Å². The number of nitrogens with one attached hydrogen (secondary N) is 1. The quantitative estimate of drug-likeness (QED) is 0.285. The van der Waals surface area contributed by atoms with Crippen LogP contribution in [0.1, 0.15) is 44.1 Å². The van der Waals surface area contributed by atoms with Gasteiger partial charge in [-0.05, 0) is 55.5 Å². The molecular weight excluding hydrogens is 502 g/mol. The van der Waals surface area contributed by atoms with Crippen molar-refractivity contribution in [1.82, 2.24) is 5.32 Å². The maximum absolute atomic E-state index is 12.8. The lowest BCUT2D eigenvalue weighted by Crippen LogP contribution is -2.43. The second-order valence-corrected chi connectivity index (χ2v) is 10.8. The second-order valence-electron chi connectivity index (χ2n) is 8.28. The van der Waals surface area contributed by atoms with E-state index in [0.29, 0.717) is 15.7 Å². The first-order valence-electron chi connectivity index (χ1n) is 11.3. The zero-order valence-corrected chi connectivity index (χ0v) is 21.8. The number of Topliss-reactive ketones (excluding diaryl/α,β-unsaturated/α-hetero) is 1. The molecule has 1 heterocycles. The lowest BCUT2D eigenvalue weighted by Gasteiger charge is -2.15. The van der Waals surface area contributed by atoms with Crippen LogP contribution in [-0.4, -0.2) is 34.6 Å². The number of amides is 1. The normalized spacial score (nSPS) is 11.7. The van der Waals surface area contributed by atoms with Gasteiger partial charge in [-0.3, -0.25) is 14.4 Å². The van der Waals surface area contributed by atoms with E-state index in [-0.39, 0.29) is 11.5 Å². The van der Waals surface area contributed by atoms with Crippen molar-refractivity contribution in [3.05, 3.63) is 92.1 Å². The molecule has 0 unspecified atom stereocenters. The number of carboxylic acid groups (broad SMARTS) is 1. The van der Waals surface area contributed by atoms with Gasteiger partial charge in [0.15, 0.2) is 5.78 Å². The molecule has 0 radical (unpaired) electrons. The highest BCUT2D eigenvalue weighted by molar-refractivity contribution is 7.99. The summed E-state index contributed by atoms with van der Waals surface area (Å²) in [4.78, 5) is 38.3. The molecule has 3 aromatic rings. The van der Waals surface area contributed by atoms with E-state index in [0.717, 1.165) is 29.7 Å². The third kappa shape index (κ3) is 8.84. The number of hydrogen-bond donors (Lipinski definition) is 2. The number of benzene rings is 2. The highest BCUT2D eigenvalue weighted by Crippen LogP contribution is 2.22. The minimum atomic E-state index is -1.14. The van der Waals surface area contributed by atoms with Crippen LogP contribution in [0.3, 0.4) is 0 Å². The lowest BCUT2D eigenvalue weighted by molar-refractivity contribution is -0.139. The van der Waals surface area contributed by atoms with Crippen LogP contribution >= 0.6 is 34.7 Å². The third-order valence-corrected chi connectivity index (χ3v) is 7.94. The molecule has 0 fully saturated rings. The van der Waals surface area contributed by atoms with Crippen LogP contribution in [0.25, 0.3) is 0 Å². The van der Waals surface area contributed by atoms with Gasteiger partial charge in [-0.2, -0.15) is 0 Å². The number of aliphatic carboxylic acids is 1. The Morgan fingerprint density at radius 1 is 1.03 bits per heavy atom. The van der Waals surface area contributed by atoms with E-state index in [2.05, 4.69) is 36.5 Å². The van der Waals surface area contributed by atoms with Gasteiger partial charge < -0.3 is 10.4 Å². The number of carbonyl (C=O) groups excluding carboxylic acids is 2. The first kappa shape index (κ1) is 27.0. The number of thiophene rings is 1. The molecule has 1 amide bonds. The molecule has 1 atom stereocenters. The van der Waals surface area contributed by atoms with Crippen LogP contribution in [-0.2, 0) is 28.2 Å². The number of hydrogen-bond acceptors (Lipinski definition) is 5. The van der Waals surface area contributed by atoms with Crippen molar-refractivity contribution in [2.24, 2.45) is 0 Å². The van der Waals surface area contributed by atoms with Crippen molar-refractivity contribution < 1.29 is 19.5 Å². The molecule has 0 aliphatic rings. The number of carbonyl (C=O) groups is 3. The molecule has 0 bridgehead atoms. The molecule has 35 heavy (non-hydrogen) atoms. The molecule has 1 aromatic heterocycles. The number of rotatable bonds is 13. The molecule has 0 saturated carbocycles. The fourth-order valence-electron chi connectivity index (χ4n) is 3.48. The van der Waals surface area contributed by atoms with Crippen LogP contribution in [0.5, 0.6) is 0 Å². The van der Waals surface area contributed by atoms with Gasteiger partial charge in [0.05, 0.1) is 23.1 Å². The van der Waals surface area contributed by atoms with Gasteiger partial charge in [-0.1, -0.05) is 59.6 Å². The molecule has 3 rings (SSSR count). The number of ketones is 1. The van der Waals surface area contributed by atoms with Gasteiger partial charge >= 0.3 is 5.97 Å². The highest BCUT2D eigenvalue weighted by atomic mass is 35.5. The summed E-state index contributed by atoms with van der Waals surface area (Å²) in [6.07, 6.45) is 2.32. The second kappa shape index (κ2) is 13.5. The Morgan fingerprint density at radius 2 is 1.77 bits per heavy atom. The molecule has 0 saturated heterocycles. The largest absolute Gasteiger partial charge is 0.481 e. The third-order valence-electron chi connectivity index (χ3n) is 5.43. The van der Waals surface area contributed by atoms with Gasteiger partial charge in [0, 0.05) is 15.7 Å². The first-order valence-corrected chi connectivity index (χ1v) is 13.7. The number of thioether (sulfide) groups is 1. The molecule has 2 aromatic carbocycles. The Kier molecular flexibility index (Phi) is 10.4. The van der Waals surface area contributed by atoms with E-state index in [9.17, 15) is 19.5 Å². The minimum Gasteiger partial charge on any atom is -0.481 e. The van der Waals surface area contributed by atoms with Crippen LogP contribution in [0, 0.1) is 6.92 Å². The zero-order valence-electron chi connectivity index (χ0n) is 19.5. The highest BCUT2D eigenvalue weighted by Gasteiger charge is 2.24. The molecule has 0 aliphatic carbocycles. The molecule has 5 nitrogen and oxygen atoms in total. The van der Waals surface area contributed by atoms with Crippen LogP contribution in [0.4, 0.5) is 0 Å². The van der Waals surface area contributed by atoms with Crippen molar-refractivity contribution >= 4 is 52.4 Å². The summed E-state index contributed by atoms with van der Waals surface area (Å²) < 4.78 is 0. The van der Waals surface area contributed by atoms with E-state index in [1.54, 1.807) is 12.1 Å². The van der Waals surface area contributed by atoms with E-state index in [1.807, 2.05) is 24.3 Å². The average molecular weight is 530 g/mol. The Labute approximate surface area is 218 Å². The zero-order chi connectivity index (χ0) is 25.2. The van der Waals surface area contributed by atoms with Crippen LogP contribution in [0.15, 0.2) is 60.7 Å². The monoisotopic (exact) mass is 529 g/mol. The van der Waals surface area contributed by atoms with Gasteiger partial charge in [0.1, 0.15) is 0 Å². The van der Waals surface area contributed by atoms with Crippen molar-refractivity contribution in [2.45, 2.75) is 44.4 Å². The predicted octanol–water partition coefficient (Wildman–Crippen LogP) is 5.96. The Balaban J connectivity index is 1.51. The Morgan fingerprint density at radius 3 is 2.49 bits per heavy atom. The maximum Gasteiger partial charge on any atom is 0.305 e. The SMILES string of the molecule is Cc1ccc(CCCc2ccc(C(=O)N[C@@H](CC(=O)O)C(=O)CSCc3ccccc3Cl)s2)cc1. The number of halogens is 1. The summed E-state index contributed by atoms with van der Waals surface area (Å²) in [5, 5.41) is 12.5. The van der Waals surface area contributed by atoms with Gasteiger partial charge in [-0.15, -0.1) is 23.1 Å². The molecule has 184 valence electrons. The summed E-state index contributed by atoms with van der Waals surface area (Å²) in [5.74, 6) is -1.28. The Hall–Kier alpha value is -2.61. The van der Waals surface area contributed by atoms with Crippen molar-refractivity contribution in [3.8, 4) is 0 Å². The van der Waals surface area contributed by atoms with Gasteiger partial charge in [-0.25, -0.2) is 0 Å². The summed E-state index contributed by atoms with van der Waals surface area (Å²) in [5.41, 5.74) is 3.42. The molecule has 8 heteroatoms. The van der Waals surface area contributed by atoms with E-state index in [4.69, 9.17) is 11.6 Å². The summed E-state index contributed by atoms with van der Waals surface area (Å²) in [6.45, 7) is 2.07. The number of aryl methyl sites for hydroxylation is 3. The molecule has 2 N–H and O–H groups in total. The van der Waals surface area contributed by atoms with Crippen molar-refractivity contribution in [1.29, 1.82) is 0 Å². The fourth-order valence-corrected chi connectivity index (χ4v) is 5.69. The molecular formula is C27H28ClNO4S2. The standard InChI is InChI=1S/C27H28ClNO4S2/c1-18-9-11-19(12-10-18)5-4-7-21-13-14-25(35-21)27(33)29-23(15-26(31)32)24(30)17-34-16-20-6-2-3-8-22(20)28/h2-3,6,8-14,23H,4-5,7,15-17H2,1H3,(H,29,33)(H,31,32)/t23-/m0/s1. The Bertz CT molecular complexity index is 1160. The minimum absolute atomic E-state index is 0.0815. The average Bonchev–Trinajstić information content (AvgIpc) is 3.30. The smallest absolute Gasteiger partial charge is 0.305 e. The number of carboxylic acids is 1. The summed E-state index contributed by atoms with van der Waals surface area (Å²) in [6, 6.07) is 18.4. The predicted molar refractivity (Wildman–Crippen MR) is 144 cm³/mol. The molecule has 0 aliphatic heterocycles. The van der Waals surface area contributed by atoms with Gasteiger partial charge in [0.25, 0.3) is 5.91 Å². The topological polar surface area (TPSA) is 83.5 Å². The molecule has 0 spiro atoms. The lowest BCUT2D eigenvalue weighted by atomic mass is 10.1. The summed E-state index contributed by atoms with van der Waals surface area (Å²) in [7, 11) is 0. The maximum atomic E-state index is 12.8. The van der Waals surface area contributed by atoms with Crippen LogP contribution in [0.2, 0.25) is 5.02 Å². The van der Waals surface area contributed by atoms with E-state index in [1.165, 1.54) is 34.2 Å². The van der Waals surface area contributed by atoms with Crippen LogP contribution < -0.4 is 5.32 Å². The van der Waals surface area contributed by atoms with E-state index >= 15 is 0 Å². The van der Waals surface area contributed by atoms with Crippen molar-refractivity contribution in [2.75, 3.05) is 5.75 Å². The van der Waals surface area contributed by atoms with Crippen molar-refractivity contribution in [3.63, 3.8) is 0 Å². The first-order chi connectivity index (χ1) is 16.8.